The van der Waals surface area contributed by atoms with Crippen LogP contribution in [0.3, 0.4) is 0 Å². The number of para-hydroxylation sites is 1. The summed E-state index contributed by atoms with van der Waals surface area (Å²) in [7, 11) is 0. The molecule has 0 spiro atoms. The average molecular weight is 245 g/mol. The molecule has 4 nitrogen and oxygen atoms in total. The largest absolute Gasteiger partial charge is 0.489 e. The zero-order chi connectivity index (χ0) is 12.7. The zero-order valence-electron chi connectivity index (χ0n) is 10.9. The second-order valence-corrected chi connectivity index (χ2v) is 5.31. The molecule has 18 heavy (non-hydrogen) atoms. The predicted molar refractivity (Wildman–Crippen MR) is 72.6 cm³/mol. The first kappa shape index (κ1) is 11.4. The molecule has 2 aromatic rings. The van der Waals surface area contributed by atoms with Gasteiger partial charge in [0.1, 0.15) is 11.3 Å². The van der Waals surface area contributed by atoms with Gasteiger partial charge in [-0.05, 0) is 44.7 Å². The molecule has 0 aliphatic heterocycles. The number of benzene rings is 1. The maximum Gasteiger partial charge on any atom is 0.201 e. The minimum atomic E-state index is 0.144. The molecule has 2 N–H and O–H groups in total. The smallest absolute Gasteiger partial charge is 0.201 e. The van der Waals surface area contributed by atoms with E-state index in [1.165, 1.54) is 12.8 Å². The van der Waals surface area contributed by atoms with E-state index in [0.717, 1.165) is 29.2 Å². The van der Waals surface area contributed by atoms with Gasteiger partial charge in [0.05, 0.1) is 11.6 Å². The van der Waals surface area contributed by atoms with Gasteiger partial charge in [0.25, 0.3) is 0 Å². The van der Waals surface area contributed by atoms with Gasteiger partial charge in [-0.3, -0.25) is 0 Å². The highest BCUT2D eigenvalue weighted by Crippen LogP contribution is 2.34. The van der Waals surface area contributed by atoms with Crippen LogP contribution in [0.2, 0.25) is 0 Å². The summed E-state index contributed by atoms with van der Waals surface area (Å²) >= 11 is 0. The zero-order valence-corrected chi connectivity index (χ0v) is 10.9. The molecule has 3 rings (SSSR count). The van der Waals surface area contributed by atoms with Crippen LogP contribution in [-0.4, -0.2) is 15.7 Å². The van der Waals surface area contributed by atoms with Gasteiger partial charge in [0.2, 0.25) is 5.95 Å². The predicted octanol–water partition coefficient (Wildman–Crippen LogP) is 2.82. The third kappa shape index (κ3) is 2.03. The van der Waals surface area contributed by atoms with Crippen molar-refractivity contribution in [2.24, 2.45) is 5.92 Å². The summed E-state index contributed by atoms with van der Waals surface area (Å²) in [5.74, 6) is 2.19. The maximum absolute atomic E-state index is 6.03. The van der Waals surface area contributed by atoms with Crippen molar-refractivity contribution in [3.63, 3.8) is 0 Å². The van der Waals surface area contributed by atoms with Gasteiger partial charge in [-0.1, -0.05) is 6.07 Å². The molecule has 0 radical (unpaired) electrons. The molecule has 0 atom stereocenters. The normalized spacial score (nSPS) is 15.5. The van der Waals surface area contributed by atoms with Gasteiger partial charge in [-0.25, -0.2) is 4.98 Å². The molecule has 0 amide bonds. The minimum absolute atomic E-state index is 0.144. The summed E-state index contributed by atoms with van der Waals surface area (Å²) in [6.07, 6.45) is 2.76. The number of fused-ring (bicyclic) bond motifs is 1. The maximum atomic E-state index is 6.03. The Morgan fingerprint density at radius 3 is 2.89 bits per heavy atom. The molecule has 0 bridgehead atoms. The van der Waals surface area contributed by atoms with Crippen molar-refractivity contribution in [3.8, 4) is 5.75 Å². The van der Waals surface area contributed by atoms with E-state index in [4.69, 9.17) is 10.5 Å². The van der Waals surface area contributed by atoms with Crippen molar-refractivity contribution in [2.45, 2.75) is 39.3 Å². The summed E-state index contributed by atoms with van der Waals surface area (Å²) in [4.78, 5) is 4.46. The summed E-state index contributed by atoms with van der Waals surface area (Å²) in [6, 6.07) is 6.02. The van der Waals surface area contributed by atoms with Gasteiger partial charge < -0.3 is 15.0 Å². The van der Waals surface area contributed by atoms with Crippen LogP contribution >= 0.6 is 0 Å². The summed E-state index contributed by atoms with van der Waals surface area (Å²) in [6.45, 7) is 5.01. The Bertz CT molecular complexity index is 570. The lowest BCUT2D eigenvalue weighted by molar-refractivity contribution is 0.245. The van der Waals surface area contributed by atoms with Gasteiger partial charge in [0.15, 0.2) is 0 Å². The molecule has 1 aromatic heterocycles. The number of nitrogen functional groups attached to an aromatic ring is 1. The van der Waals surface area contributed by atoms with Gasteiger partial charge in [0, 0.05) is 6.54 Å². The number of ether oxygens (including phenoxy) is 1. The van der Waals surface area contributed by atoms with Crippen molar-refractivity contribution in [3.05, 3.63) is 18.2 Å². The van der Waals surface area contributed by atoms with Crippen molar-refractivity contribution < 1.29 is 4.74 Å². The molecule has 0 saturated heterocycles. The molecule has 1 aliphatic rings. The Labute approximate surface area is 107 Å². The number of imidazole rings is 1. The van der Waals surface area contributed by atoms with Crippen LogP contribution < -0.4 is 10.5 Å². The van der Waals surface area contributed by atoms with Crippen LogP contribution in [0.5, 0.6) is 5.75 Å². The van der Waals surface area contributed by atoms with Gasteiger partial charge >= 0.3 is 0 Å². The van der Waals surface area contributed by atoms with E-state index in [-0.39, 0.29) is 6.10 Å². The van der Waals surface area contributed by atoms with Crippen LogP contribution in [0.25, 0.3) is 11.0 Å². The van der Waals surface area contributed by atoms with Crippen LogP contribution in [0, 0.1) is 5.92 Å². The van der Waals surface area contributed by atoms with Crippen molar-refractivity contribution >= 4 is 17.0 Å². The standard InChI is InChI=1S/C14H19N3O/c1-9(2)18-12-5-3-4-11-13(12)16-14(15)17(11)8-10-6-7-10/h3-5,9-10H,6-8H2,1-2H3,(H2,15,16). The number of hydrogen-bond donors (Lipinski definition) is 1. The Morgan fingerprint density at radius 2 is 2.22 bits per heavy atom. The Morgan fingerprint density at radius 1 is 1.44 bits per heavy atom. The van der Waals surface area contributed by atoms with Crippen molar-refractivity contribution in [1.29, 1.82) is 0 Å². The Hall–Kier alpha value is -1.71. The molecule has 1 saturated carbocycles. The number of rotatable bonds is 4. The molecule has 1 aromatic carbocycles. The monoisotopic (exact) mass is 245 g/mol. The quantitative estimate of drug-likeness (QED) is 0.901. The Balaban J connectivity index is 2.05. The second kappa shape index (κ2) is 4.19. The highest BCUT2D eigenvalue weighted by molar-refractivity contribution is 5.84. The van der Waals surface area contributed by atoms with Crippen molar-refractivity contribution in [1.82, 2.24) is 9.55 Å². The lowest BCUT2D eigenvalue weighted by Gasteiger charge is -2.10. The lowest BCUT2D eigenvalue weighted by Crippen LogP contribution is -2.06. The van der Waals surface area contributed by atoms with E-state index in [0.29, 0.717) is 5.95 Å². The third-order valence-corrected chi connectivity index (χ3v) is 3.27. The summed E-state index contributed by atoms with van der Waals surface area (Å²) < 4.78 is 7.90. The minimum Gasteiger partial charge on any atom is -0.489 e. The van der Waals surface area contributed by atoms with E-state index in [1.54, 1.807) is 0 Å². The highest BCUT2D eigenvalue weighted by atomic mass is 16.5. The molecular formula is C14H19N3O. The molecule has 1 aliphatic carbocycles. The number of aromatic nitrogens is 2. The molecule has 0 unspecified atom stereocenters. The van der Waals surface area contributed by atoms with Crippen molar-refractivity contribution in [2.75, 3.05) is 5.73 Å². The van der Waals surface area contributed by atoms with E-state index in [1.807, 2.05) is 26.0 Å². The van der Waals surface area contributed by atoms with E-state index >= 15 is 0 Å². The van der Waals surface area contributed by atoms with Crippen LogP contribution in [0.15, 0.2) is 18.2 Å². The van der Waals surface area contributed by atoms with Crippen LogP contribution in [0.1, 0.15) is 26.7 Å². The van der Waals surface area contributed by atoms with Gasteiger partial charge in [-0.15, -0.1) is 0 Å². The number of anilines is 1. The first-order valence-corrected chi connectivity index (χ1v) is 6.56. The Kier molecular flexibility index (Phi) is 2.65. The molecule has 4 heteroatoms. The summed E-state index contributed by atoms with van der Waals surface area (Å²) in [5.41, 5.74) is 7.99. The highest BCUT2D eigenvalue weighted by Gasteiger charge is 2.24. The number of hydrogen-bond acceptors (Lipinski definition) is 3. The van der Waals surface area contributed by atoms with Crippen LogP contribution in [-0.2, 0) is 6.54 Å². The van der Waals surface area contributed by atoms with E-state index in [9.17, 15) is 0 Å². The molecular weight excluding hydrogens is 226 g/mol. The first-order chi connectivity index (χ1) is 8.65. The van der Waals surface area contributed by atoms with E-state index < -0.39 is 0 Å². The molecule has 1 fully saturated rings. The molecule has 1 heterocycles. The van der Waals surface area contributed by atoms with Gasteiger partial charge in [-0.2, -0.15) is 0 Å². The number of nitrogens with two attached hydrogens (primary N) is 1. The topological polar surface area (TPSA) is 53.1 Å². The van der Waals surface area contributed by atoms with Crippen LogP contribution in [0.4, 0.5) is 5.95 Å². The first-order valence-electron chi connectivity index (χ1n) is 6.56. The fraction of sp³-hybridized carbons (Fsp3) is 0.500. The second-order valence-electron chi connectivity index (χ2n) is 5.31. The average Bonchev–Trinajstić information content (AvgIpc) is 3.06. The summed E-state index contributed by atoms with van der Waals surface area (Å²) in [5, 5.41) is 0. The fourth-order valence-electron chi connectivity index (χ4n) is 2.24. The third-order valence-electron chi connectivity index (χ3n) is 3.27. The number of nitrogens with zero attached hydrogens (tertiary/aromatic N) is 2. The molecule has 96 valence electrons. The fourth-order valence-corrected chi connectivity index (χ4v) is 2.24. The lowest BCUT2D eigenvalue weighted by atomic mass is 10.3. The van der Waals surface area contributed by atoms with E-state index in [2.05, 4.69) is 15.6 Å². The SMILES string of the molecule is CC(C)Oc1cccc2c1nc(N)n2CC1CC1.